The Morgan fingerprint density at radius 1 is 0.960 bits per heavy atom. The van der Waals surface area contributed by atoms with E-state index in [0.717, 1.165) is 59.0 Å². The van der Waals surface area contributed by atoms with Gasteiger partial charge in [0, 0.05) is 58.9 Å². The minimum absolute atomic E-state index is 0.124. The maximum atomic E-state index is 12.2. The van der Waals surface area contributed by atoms with Gasteiger partial charge < -0.3 is 15.0 Å². The number of nitrogens with one attached hydrogen (secondary N) is 1. The van der Waals surface area contributed by atoms with Crippen molar-refractivity contribution >= 4 is 5.91 Å². The van der Waals surface area contributed by atoms with Crippen LogP contribution in [0.2, 0.25) is 0 Å². The van der Waals surface area contributed by atoms with Gasteiger partial charge in [-0.15, -0.1) is 0 Å². The number of morpholine rings is 1. The summed E-state index contributed by atoms with van der Waals surface area (Å²) in [4.78, 5) is 19.4. The van der Waals surface area contributed by atoms with Crippen LogP contribution in [0.1, 0.15) is 27.7 Å². The van der Waals surface area contributed by atoms with E-state index < -0.39 is 0 Å². The number of hydrogen-bond donors (Lipinski definition) is 1. The Morgan fingerprint density at radius 2 is 1.56 bits per heavy atom. The van der Waals surface area contributed by atoms with E-state index in [0.29, 0.717) is 24.9 Å². The summed E-state index contributed by atoms with van der Waals surface area (Å²) in [7, 11) is 0. The van der Waals surface area contributed by atoms with Crippen LogP contribution in [0.4, 0.5) is 0 Å². The largest absolute Gasteiger partial charge is 0.374 e. The lowest BCUT2D eigenvalue weighted by Crippen LogP contribution is -2.52. The molecule has 1 atom stereocenters. The summed E-state index contributed by atoms with van der Waals surface area (Å²) in [5.74, 6) is 1.50. The van der Waals surface area contributed by atoms with Gasteiger partial charge in [-0.1, -0.05) is 27.7 Å². The molecule has 1 amide bonds. The highest BCUT2D eigenvalue weighted by molar-refractivity contribution is 5.78. The first kappa shape index (κ1) is 20.6. The second-order valence-corrected chi connectivity index (χ2v) is 8.42. The van der Waals surface area contributed by atoms with Crippen molar-refractivity contribution in [2.45, 2.75) is 33.8 Å². The fourth-order valence-electron chi connectivity index (χ4n) is 3.72. The number of ether oxygens (including phenoxy) is 1. The van der Waals surface area contributed by atoms with Gasteiger partial charge in [-0.3, -0.25) is 14.6 Å². The molecule has 0 bridgehead atoms. The van der Waals surface area contributed by atoms with Crippen LogP contribution in [0.25, 0.3) is 0 Å². The van der Waals surface area contributed by atoms with Crippen molar-refractivity contribution in [1.29, 1.82) is 0 Å². The third-order valence-corrected chi connectivity index (χ3v) is 4.83. The second-order valence-electron chi connectivity index (χ2n) is 8.42. The Labute approximate surface area is 153 Å². The molecule has 6 nitrogen and oxygen atoms in total. The Hall–Kier alpha value is -0.690. The van der Waals surface area contributed by atoms with Crippen molar-refractivity contribution < 1.29 is 9.53 Å². The maximum Gasteiger partial charge on any atom is 0.234 e. The van der Waals surface area contributed by atoms with Gasteiger partial charge in [0.15, 0.2) is 0 Å². The molecule has 2 fully saturated rings. The van der Waals surface area contributed by atoms with Crippen molar-refractivity contribution in [3.63, 3.8) is 0 Å². The lowest BCUT2D eigenvalue weighted by Gasteiger charge is -2.35. The van der Waals surface area contributed by atoms with Crippen LogP contribution in [-0.2, 0) is 9.53 Å². The predicted octanol–water partition coefficient (Wildman–Crippen LogP) is 0.733. The Bertz CT molecular complexity index is 395. The summed E-state index contributed by atoms with van der Waals surface area (Å²) in [6.45, 7) is 19.2. The number of amides is 1. The van der Waals surface area contributed by atoms with Crippen LogP contribution in [-0.4, -0.2) is 98.8 Å². The molecule has 0 aromatic heterocycles. The van der Waals surface area contributed by atoms with Gasteiger partial charge in [0.05, 0.1) is 19.3 Å². The smallest absolute Gasteiger partial charge is 0.234 e. The van der Waals surface area contributed by atoms with E-state index in [1.54, 1.807) is 0 Å². The summed E-state index contributed by atoms with van der Waals surface area (Å²) in [6, 6.07) is 0. The van der Waals surface area contributed by atoms with Gasteiger partial charge in [-0.05, 0) is 11.8 Å². The fourth-order valence-corrected chi connectivity index (χ4v) is 3.72. The SMILES string of the molecule is CC(C)CN1CCN(CC(=O)NCC2CN(CC(C)C)CCO2)CC1. The van der Waals surface area contributed by atoms with E-state index >= 15 is 0 Å². The lowest BCUT2D eigenvalue weighted by atomic mass is 10.2. The van der Waals surface area contributed by atoms with Crippen molar-refractivity contribution in [3.05, 3.63) is 0 Å². The summed E-state index contributed by atoms with van der Waals surface area (Å²) < 4.78 is 5.80. The van der Waals surface area contributed by atoms with Crippen molar-refractivity contribution in [1.82, 2.24) is 20.0 Å². The first-order chi connectivity index (χ1) is 11.9. The molecule has 2 rings (SSSR count). The fraction of sp³-hybridized carbons (Fsp3) is 0.947. The Balaban J connectivity index is 1.61. The molecule has 146 valence electrons. The number of carbonyl (C=O) groups excluding carboxylic acids is 1. The van der Waals surface area contributed by atoms with Crippen molar-refractivity contribution in [3.8, 4) is 0 Å². The van der Waals surface area contributed by atoms with Gasteiger partial charge >= 0.3 is 0 Å². The molecule has 2 saturated heterocycles. The average Bonchev–Trinajstić information content (AvgIpc) is 2.54. The molecule has 1 unspecified atom stereocenters. The zero-order valence-corrected chi connectivity index (χ0v) is 16.7. The summed E-state index contributed by atoms with van der Waals surface area (Å²) in [5, 5.41) is 3.07. The van der Waals surface area contributed by atoms with Crippen LogP contribution in [0.3, 0.4) is 0 Å². The monoisotopic (exact) mass is 354 g/mol. The molecule has 0 aliphatic carbocycles. The standard InChI is InChI=1S/C19H38N4O2/c1-16(2)12-21-5-7-22(8-6-21)15-19(24)20-11-18-14-23(9-10-25-18)13-17(3)4/h16-18H,5-15H2,1-4H3,(H,20,24). The van der Waals surface area contributed by atoms with Crippen LogP contribution < -0.4 is 5.32 Å². The number of nitrogens with zero attached hydrogens (tertiary/aromatic N) is 3. The predicted molar refractivity (Wildman–Crippen MR) is 102 cm³/mol. The molecule has 0 saturated carbocycles. The van der Waals surface area contributed by atoms with E-state index in [9.17, 15) is 4.79 Å². The molecular formula is C19H38N4O2. The quantitative estimate of drug-likeness (QED) is 0.696. The molecular weight excluding hydrogens is 316 g/mol. The minimum atomic E-state index is 0.124. The second kappa shape index (κ2) is 10.5. The first-order valence-electron chi connectivity index (χ1n) is 9.97. The van der Waals surface area contributed by atoms with E-state index in [1.165, 1.54) is 0 Å². The van der Waals surface area contributed by atoms with Crippen LogP contribution in [0.15, 0.2) is 0 Å². The molecule has 25 heavy (non-hydrogen) atoms. The number of rotatable bonds is 8. The van der Waals surface area contributed by atoms with Gasteiger partial charge in [0.2, 0.25) is 5.91 Å². The summed E-state index contributed by atoms with van der Waals surface area (Å²) in [6.07, 6.45) is 0.124. The van der Waals surface area contributed by atoms with Crippen molar-refractivity contribution in [2.75, 3.05) is 72.1 Å². The number of carbonyl (C=O) groups is 1. The van der Waals surface area contributed by atoms with Crippen molar-refractivity contribution in [2.24, 2.45) is 11.8 Å². The minimum Gasteiger partial charge on any atom is -0.374 e. The highest BCUT2D eigenvalue weighted by atomic mass is 16.5. The maximum absolute atomic E-state index is 12.2. The number of hydrogen-bond acceptors (Lipinski definition) is 5. The van der Waals surface area contributed by atoms with Crippen LogP contribution in [0, 0.1) is 11.8 Å². The third-order valence-electron chi connectivity index (χ3n) is 4.83. The van der Waals surface area contributed by atoms with Crippen LogP contribution >= 0.6 is 0 Å². The average molecular weight is 355 g/mol. The topological polar surface area (TPSA) is 48.0 Å². The van der Waals surface area contributed by atoms with Gasteiger partial charge in [-0.25, -0.2) is 0 Å². The molecule has 2 aliphatic heterocycles. The summed E-state index contributed by atoms with van der Waals surface area (Å²) in [5.41, 5.74) is 0. The zero-order chi connectivity index (χ0) is 18.2. The normalized spacial score (nSPS) is 24.2. The summed E-state index contributed by atoms with van der Waals surface area (Å²) >= 11 is 0. The molecule has 0 aromatic carbocycles. The molecule has 2 heterocycles. The molecule has 0 radical (unpaired) electrons. The van der Waals surface area contributed by atoms with Gasteiger partial charge in [0.25, 0.3) is 0 Å². The van der Waals surface area contributed by atoms with E-state index in [1.807, 2.05) is 0 Å². The highest BCUT2D eigenvalue weighted by Crippen LogP contribution is 2.08. The van der Waals surface area contributed by atoms with E-state index in [2.05, 4.69) is 47.7 Å². The lowest BCUT2D eigenvalue weighted by molar-refractivity contribution is -0.124. The van der Waals surface area contributed by atoms with E-state index in [-0.39, 0.29) is 12.0 Å². The van der Waals surface area contributed by atoms with Crippen LogP contribution in [0.5, 0.6) is 0 Å². The molecule has 6 heteroatoms. The van der Waals surface area contributed by atoms with Gasteiger partial charge in [0.1, 0.15) is 0 Å². The van der Waals surface area contributed by atoms with E-state index in [4.69, 9.17) is 4.74 Å². The zero-order valence-electron chi connectivity index (χ0n) is 16.7. The highest BCUT2D eigenvalue weighted by Gasteiger charge is 2.23. The first-order valence-corrected chi connectivity index (χ1v) is 9.97. The molecule has 0 spiro atoms. The molecule has 0 aromatic rings. The van der Waals surface area contributed by atoms with Gasteiger partial charge in [-0.2, -0.15) is 0 Å². The molecule has 1 N–H and O–H groups in total. The Morgan fingerprint density at radius 3 is 2.20 bits per heavy atom. The number of piperazine rings is 1. The third kappa shape index (κ3) is 8.03. The Kier molecular flexibility index (Phi) is 8.62. The molecule has 2 aliphatic rings.